The molecule has 45 heavy (non-hydrogen) atoms. The topological polar surface area (TPSA) is 179 Å². The fraction of sp³-hybridized carbons (Fsp3) is 0.0303. The zero-order valence-corrected chi connectivity index (χ0v) is 24.9. The maximum Gasteiger partial charge on any atom is 0.298 e. The van der Waals surface area contributed by atoms with Crippen molar-refractivity contribution in [3.05, 3.63) is 108 Å². The van der Waals surface area contributed by atoms with E-state index in [2.05, 4.69) is 0 Å². The summed E-state index contributed by atoms with van der Waals surface area (Å²) in [5.74, 6) is 0.285. The number of hydrogen-bond acceptors (Lipinski definition) is 8. The van der Waals surface area contributed by atoms with Crippen molar-refractivity contribution in [1.82, 2.24) is 0 Å². The van der Waals surface area contributed by atoms with Crippen LogP contribution in [-0.2, 0) is 26.7 Å². The molecule has 0 fully saturated rings. The van der Waals surface area contributed by atoms with Crippen LogP contribution >= 0.6 is 0 Å². The van der Waals surface area contributed by atoms with Gasteiger partial charge in [-0.05, 0) is 59.2 Å². The minimum absolute atomic E-state index is 0.0134. The van der Waals surface area contributed by atoms with Gasteiger partial charge in [0.05, 0.1) is 4.90 Å². The molecule has 0 radical (unpaired) electrons. The van der Waals surface area contributed by atoms with Gasteiger partial charge in [-0.1, -0.05) is 54.6 Å². The van der Waals surface area contributed by atoms with Gasteiger partial charge in [-0.3, -0.25) is 9.11 Å². The highest BCUT2D eigenvalue weighted by Crippen LogP contribution is 2.52. The first-order valence-electron chi connectivity index (χ1n) is 13.6. The summed E-state index contributed by atoms with van der Waals surface area (Å²) in [7, 11) is -9.53. The summed E-state index contributed by atoms with van der Waals surface area (Å²) >= 11 is 0. The first kappa shape index (κ1) is 28.6. The van der Waals surface area contributed by atoms with Crippen LogP contribution in [0.25, 0.3) is 32.7 Å². The zero-order valence-electron chi connectivity index (χ0n) is 23.3. The molecule has 0 bridgehead atoms. The number of fused-ring (bicyclic) bond motifs is 5. The maximum atomic E-state index is 13.0. The third-order valence-electron chi connectivity index (χ3n) is 7.88. The van der Waals surface area contributed by atoms with Gasteiger partial charge in [0.25, 0.3) is 20.2 Å². The second-order valence-electron chi connectivity index (χ2n) is 10.6. The average molecular weight is 641 g/mol. The Bertz CT molecular complexity index is 2440. The minimum atomic E-state index is -4.96. The lowest BCUT2D eigenvalue weighted by atomic mass is 10.0. The molecule has 7 rings (SSSR count). The van der Waals surface area contributed by atoms with Crippen molar-refractivity contribution in [3.8, 4) is 34.1 Å². The lowest BCUT2D eigenvalue weighted by Gasteiger charge is -2.20. The van der Waals surface area contributed by atoms with E-state index in [1.807, 2.05) is 12.1 Å². The zero-order chi connectivity index (χ0) is 31.7. The largest absolute Gasteiger partial charge is 0.452 e. The molecule has 0 spiro atoms. The highest BCUT2D eigenvalue weighted by molar-refractivity contribution is 7.86. The van der Waals surface area contributed by atoms with E-state index in [9.17, 15) is 25.9 Å². The summed E-state index contributed by atoms with van der Waals surface area (Å²) in [6.45, 7) is 0. The predicted molar refractivity (Wildman–Crippen MR) is 171 cm³/mol. The highest BCUT2D eigenvalue weighted by atomic mass is 32.2. The van der Waals surface area contributed by atoms with Crippen LogP contribution in [0.2, 0.25) is 0 Å². The van der Waals surface area contributed by atoms with Crippen molar-refractivity contribution in [1.29, 1.82) is 0 Å². The van der Waals surface area contributed by atoms with E-state index in [4.69, 9.17) is 20.9 Å². The molecule has 0 saturated heterocycles. The monoisotopic (exact) mass is 640 g/mol. The van der Waals surface area contributed by atoms with Gasteiger partial charge in [-0.2, -0.15) is 16.8 Å². The molecule has 0 saturated carbocycles. The highest BCUT2D eigenvalue weighted by Gasteiger charge is 2.33. The van der Waals surface area contributed by atoms with Crippen LogP contribution in [0.3, 0.4) is 0 Å². The Morgan fingerprint density at radius 1 is 0.578 bits per heavy atom. The molecule has 6 N–H and O–H groups in total. The van der Waals surface area contributed by atoms with E-state index in [1.54, 1.807) is 60.7 Å². The van der Waals surface area contributed by atoms with Crippen molar-refractivity contribution in [2.75, 3.05) is 11.5 Å². The first-order valence-corrected chi connectivity index (χ1v) is 16.5. The van der Waals surface area contributed by atoms with Gasteiger partial charge in [0.1, 0.15) is 16.4 Å². The molecule has 0 atom stereocenters. The lowest BCUT2D eigenvalue weighted by Crippen LogP contribution is -2.06. The quantitative estimate of drug-likeness (QED) is 0.111. The van der Waals surface area contributed by atoms with Crippen molar-refractivity contribution in [3.63, 3.8) is 0 Å². The first-order chi connectivity index (χ1) is 21.4. The molecular weight excluding hydrogens is 617 g/mol. The van der Waals surface area contributed by atoms with E-state index < -0.39 is 25.1 Å². The third-order valence-corrected chi connectivity index (χ3v) is 9.59. The Hall–Kier alpha value is -5.14. The average Bonchev–Trinajstić information content (AvgIpc) is 3.38. The fourth-order valence-corrected chi connectivity index (χ4v) is 6.91. The second-order valence-corrected chi connectivity index (χ2v) is 13.4. The predicted octanol–water partition coefficient (Wildman–Crippen LogP) is 6.81. The van der Waals surface area contributed by atoms with Crippen molar-refractivity contribution < 1.29 is 35.4 Å². The van der Waals surface area contributed by atoms with Gasteiger partial charge in [-0.15, -0.1) is 0 Å². The molecule has 1 aliphatic carbocycles. The lowest BCUT2D eigenvalue weighted by molar-refractivity contribution is 0.406. The van der Waals surface area contributed by atoms with Crippen LogP contribution in [0.5, 0.6) is 23.0 Å². The van der Waals surface area contributed by atoms with E-state index in [-0.39, 0.29) is 34.1 Å². The number of hydrogen-bond donors (Lipinski definition) is 4. The third kappa shape index (κ3) is 4.89. The van der Waals surface area contributed by atoms with Gasteiger partial charge >= 0.3 is 0 Å². The van der Waals surface area contributed by atoms with Gasteiger partial charge in [0.15, 0.2) is 11.5 Å². The normalized spacial score (nSPS) is 12.7. The van der Waals surface area contributed by atoms with E-state index >= 15 is 0 Å². The molecule has 6 aromatic carbocycles. The van der Waals surface area contributed by atoms with Crippen molar-refractivity contribution in [2.24, 2.45) is 0 Å². The molecule has 6 aromatic rings. The van der Waals surface area contributed by atoms with E-state index in [1.165, 1.54) is 24.3 Å². The Morgan fingerprint density at radius 3 is 1.64 bits per heavy atom. The molecule has 226 valence electrons. The van der Waals surface area contributed by atoms with Crippen molar-refractivity contribution >= 4 is 53.2 Å². The molecule has 0 aromatic heterocycles. The van der Waals surface area contributed by atoms with Gasteiger partial charge < -0.3 is 20.9 Å². The molecule has 10 nitrogen and oxygen atoms in total. The molecule has 0 unspecified atom stereocenters. The van der Waals surface area contributed by atoms with Crippen LogP contribution < -0.4 is 20.9 Å². The number of nitrogens with two attached hydrogens (primary N) is 2. The standard InChI is InChI=1S/C33H24N2O8S2/c34-27-11-13-29(22-7-3-1-5-20(22)27)42-32-26-15-18-9-10-19(44(36,37)38)16-24(18)25(26)17-31(45(39,40)41)33(32)43-30-14-12-28(35)21-6-2-4-8-23(21)30/h1-14,16-17H,15,34-35H2,(H,36,37,38)(H,39,40,41). The molecule has 1 aliphatic rings. The van der Waals surface area contributed by atoms with Gasteiger partial charge in [0.2, 0.25) is 0 Å². The van der Waals surface area contributed by atoms with E-state index in [0.29, 0.717) is 55.4 Å². The summed E-state index contributed by atoms with van der Waals surface area (Å²) in [5, 5.41) is 2.59. The van der Waals surface area contributed by atoms with Crippen LogP contribution in [0.4, 0.5) is 11.4 Å². The summed E-state index contributed by atoms with van der Waals surface area (Å²) in [6, 6.07) is 26.2. The smallest absolute Gasteiger partial charge is 0.298 e. The number of benzene rings is 6. The van der Waals surface area contributed by atoms with Crippen molar-refractivity contribution in [2.45, 2.75) is 16.2 Å². The summed E-state index contributed by atoms with van der Waals surface area (Å²) in [4.78, 5) is -0.981. The Kier molecular flexibility index (Phi) is 6.49. The minimum Gasteiger partial charge on any atom is -0.452 e. The Labute approximate surface area is 257 Å². The Morgan fingerprint density at radius 2 is 1.11 bits per heavy atom. The fourth-order valence-electron chi connectivity index (χ4n) is 5.77. The molecule has 0 amide bonds. The van der Waals surface area contributed by atoms with Crippen LogP contribution in [-0.4, -0.2) is 25.9 Å². The maximum absolute atomic E-state index is 13.0. The van der Waals surface area contributed by atoms with Crippen LogP contribution in [0.1, 0.15) is 11.1 Å². The molecule has 12 heteroatoms. The number of rotatable bonds is 6. The van der Waals surface area contributed by atoms with Gasteiger partial charge in [-0.25, -0.2) is 0 Å². The number of anilines is 2. The summed E-state index contributed by atoms with van der Waals surface area (Å²) in [5.41, 5.74) is 15.1. The summed E-state index contributed by atoms with van der Waals surface area (Å²) in [6.07, 6.45) is 0.198. The van der Waals surface area contributed by atoms with E-state index in [0.717, 1.165) is 0 Å². The summed E-state index contributed by atoms with van der Waals surface area (Å²) < 4.78 is 83.1. The molecule has 0 heterocycles. The second kappa shape index (κ2) is 10.2. The Balaban J connectivity index is 1.53. The molecule has 0 aliphatic heterocycles. The SMILES string of the molecule is Nc1ccc(Oc2c(S(=O)(=O)O)cc3c(c2Oc2ccc(N)c4ccccc24)Cc2ccc(S(=O)(=O)O)cc2-3)c2ccccc12. The van der Waals surface area contributed by atoms with Gasteiger partial charge in [0, 0.05) is 44.9 Å². The number of ether oxygens (including phenoxy) is 2. The number of nitrogen functional groups attached to an aromatic ring is 2. The van der Waals surface area contributed by atoms with Crippen LogP contribution in [0, 0.1) is 0 Å². The van der Waals surface area contributed by atoms with Crippen LogP contribution in [0.15, 0.2) is 107 Å². The molecular formula is C33H24N2O8S2.